The van der Waals surface area contributed by atoms with Crippen LogP contribution in [-0.2, 0) is 6.54 Å². The Labute approximate surface area is 200 Å². The Bertz CT molecular complexity index is 406. The van der Waals surface area contributed by atoms with E-state index >= 15 is 0 Å². The highest BCUT2D eigenvalue weighted by atomic mass is 127. The van der Waals surface area contributed by atoms with E-state index in [1.807, 2.05) is 0 Å². The first-order valence-corrected chi connectivity index (χ1v) is 12.9. The maximum atomic E-state index is 2.30. The van der Waals surface area contributed by atoms with Crippen molar-refractivity contribution in [1.82, 2.24) is 0 Å². The maximum Gasteiger partial charge on any atom is 0.168 e. The van der Waals surface area contributed by atoms with Gasteiger partial charge in [0.2, 0.25) is 0 Å². The number of pyridine rings is 1. The van der Waals surface area contributed by atoms with E-state index in [0.29, 0.717) is 0 Å². The zero-order valence-electron chi connectivity index (χ0n) is 19.6. The van der Waals surface area contributed by atoms with E-state index in [1.165, 1.54) is 135 Å². The fourth-order valence-electron chi connectivity index (χ4n) is 4.13. The van der Waals surface area contributed by atoms with Gasteiger partial charge in [0, 0.05) is 18.6 Å². The predicted octanol–water partition coefficient (Wildman–Crippen LogP) is 5.80. The fourth-order valence-corrected chi connectivity index (χ4v) is 4.13. The minimum absolute atomic E-state index is 0. The van der Waals surface area contributed by atoms with Crippen molar-refractivity contribution in [3.8, 4) is 0 Å². The van der Waals surface area contributed by atoms with E-state index in [0.717, 1.165) is 0 Å². The molecular weight excluding hydrogens is 465 g/mol. The molecule has 170 valence electrons. The number of halogens is 1. The van der Waals surface area contributed by atoms with Crippen molar-refractivity contribution in [3.63, 3.8) is 0 Å². The van der Waals surface area contributed by atoms with Gasteiger partial charge in [0.25, 0.3) is 0 Å². The summed E-state index contributed by atoms with van der Waals surface area (Å²) in [4.78, 5) is 0. The molecular formula is C27H50IN. The monoisotopic (exact) mass is 515 g/mol. The molecule has 2 heteroatoms. The molecule has 1 heterocycles. The first-order valence-electron chi connectivity index (χ1n) is 12.9. The van der Waals surface area contributed by atoms with Crippen LogP contribution < -0.4 is 28.5 Å². The molecule has 0 spiro atoms. The first kappa shape index (κ1) is 28.9. The smallest absolute Gasteiger partial charge is 0.168 e. The summed E-state index contributed by atoms with van der Waals surface area (Å²) in [6.07, 6.45) is 33.4. The molecule has 0 saturated carbocycles. The largest absolute Gasteiger partial charge is 1.00 e. The Balaban J connectivity index is 0.00000784. The van der Waals surface area contributed by atoms with Crippen LogP contribution in [0.5, 0.6) is 0 Å². The van der Waals surface area contributed by atoms with Crippen LogP contribution in [0.15, 0.2) is 30.6 Å². The lowest BCUT2D eigenvalue weighted by Crippen LogP contribution is -3.00. The van der Waals surface area contributed by atoms with Crippen molar-refractivity contribution in [2.75, 3.05) is 0 Å². The highest BCUT2D eigenvalue weighted by Gasteiger charge is 1.98. The SMILES string of the molecule is CCCCCCCCCCCCCCCCCCCCCC[n+]1ccccc1.[I-]. The number of aryl methyl sites for hydroxylation is 1. The zero-order chi connectivity index (χ0) is 20.0. The number of rotatable bonds is 21. The third-order valence-corrected chi connectivity index (χ3v) is 6.05. The molecule has 1 aromatic heterocycles. The molecule has 0 aromatic carbocycles. The van der Waals surface area contributed by atoms with Gasteiger partial charge >= 0.3 is 0 Å². The van der Waals surface area contributed by atoms with Gasteiger partial charge in [0.15, 0.2) is 12.4 Å². The second kappa shape index (κ2) is 24.2. The average Bonchev–Trinajstić information content (AvgIpc) is 2.73. The Morgan fingerprint density at radius 1 is 0.414 bits per heavy atom. The fraction of sp³-hybridized carbons (Fsp3) is 0.815. The zero-order valence-corrected chi connectivity index (χ0v) is 21.7. The summed E-state index contributed by atoms with van der Waals surface area (Å²) in [5.74, 6) is 0. The summed E-state index contributed by atoms with van der Waals surface area (Å²) in [5.41, 5.74) is 0. The van der Waals surface area contributed by atoms with Crippen LogP contribution in [0.4, 0.5) is 0 Å². The van der Waals surface area contributed by atoms with Crippen molar-refractivity contribution >= 4 is 0 Å². The third-order valence-electron chi connectivity index (χ3n) is 6.05. The predicted molar refractivity (Wildman–Crippen MR) is 125 cm³/mol. The van der Waals surface area contributed by atoms with E-state index in [-0.39, 0.29) is 24.0 Å². The lowest BCUT2D eigenvalue weighted by Gasteiger charge is -2.04. The van der Waals surface area contributed by atoms with Crippen LogP contribution in [-0.4, -0.2) is 0 Å². The number of aromatic nitrogens is 1. The van der Waals surface area contributed by atoms with Crippen LogP contribution in [0, 0.1) is 0 Å². The summed E-state index contributed by atoms with van der Waals surface area (Å²) >= 11 is 0. The topological polar surface area (TPSA) is 3.88 Å². The van der Waals surface area contributed by atoms with Crippen molar-refractivity contribution in [1.29, 1.82) is 0 Å². The number of hydrogen-bond acceptors (Lipinski definition) is 0. The lowest BCUT2D eigenvalue weighted by molar-refractivity contribution is -0.697. The van der Waals surface area contributed by atoms with Crippen LogP contribution in [0.3, 0.4) is 0 Å². The Hall–Kier alpha value is -0.120. The van der Waals surface area contributed by atoms with Gasteiger partial charge in [0.1, 0.15) is 6.54 Å². The van der Waals surface area contributed by atoms with Crippen LogP contribution >= 0.6 is 0 Å². The standard InChI is InChI=1S/C27H50N.HI/c1-2-3-4-5-6-7-8-9-10-11-12-13-14-15-16-17-18-19-20-22-25-28-26-23-21-24-27-28;/h21,23-24,26-27H,2-20,22,25H2,1H3;1H/q+1;/p-1. The summed E-state index contributed by atoms with van der Waals surface area (Å²) in [7, 11) is 0. The van der Waals surface area contributed by atoms with Gasteiger partial charge in [-0.2, -0.15) is 0 Å². The minimum atomic E-state index is 0. The maximum absolute atomic E-state index is 2.30. The van der Waals surface area contributed by atoms with Gasteiger partial charge in [-0.3, -0.25) is 0 Å². The Morgan fingerprint density at radius 2 is 0.724 bits per heavy atom. The molecule has 0 atom stereocenters. The second-order valence-corrected chi connectivity index (χ2v) is 8.83. The van der Waals surface area contributed by atoms with E-state index in [9.17, 15) is 0 Å². The molecule has 0 unspecified atom stereocenters. The second-order valence-electron chi connectivity index (χ2n) is 8.83. The molecule has 0 fully saturated rings. The number of hydrogen-bond donors (Lipinski definition) is 0. The van der Waals surface area contributed by atoms with Crippen LogP contribution in [0.1, 0.15) is 135 Å². The number of unbranched alkanes of at least 4 members (excludes halogenated alkanes) is 19. The van der Waals surface area contributed by atoms with Crippen molar-refractivity contribution in [2.45, 2.75) is 142 Å². The van der Waals surface area contributed by atoms with Gasteiger partial charge in [-0.05, 0) is 6.42 Å². The van der Waals surface area contributed by atoms with Gasteiger partial charge in [-0.25, -0.2) is 4.57 Å². The van der Waals surface area contributed by atoms with Gasteiger partial charge in [-0.15, -0.1) is 0 Å². The molecule has 1 aromatic rings. The van der Waals surface area contributed by atoms with E-state index in [4.69, 9.17) is 0 Å². The number of nitrogens with zero attached hydrogens (tertiary/aromatic N) is 1. The third kappa shape index (κ3) is 20.9. The van der Waals surface area contributed by atoms with Crippen molar-refractivity contribution in [3.05, 3.63) is 30.6 Å². The van der Waals surface area contributed by atoms with Crippen molar-refractivity contribution in [2.24, 2.45) is 0 Å². The molecule has 29 heavy (non-hydrogen) atoms. The molecule has 0 aliphatic heterocycles. The summed E-state index contributed by atoms with van der Waals surface area (Å²) in [5, 5.41) is 0. The molecule has 0 N–H and O–H groups in total. The Morgan fingerprint density at radius 3 is 1.07 bits per heavy atom. The summed E-state index contributed by atoms with van der Waals surface area (Å²) in [6, 6.07) is 6.33. The molecule has 0 radical (unpaired) electrons. The van der Waals surface area contributed by atoms with E-state index in [2.05, 4.69) is 42.1 Å². The minimum Gasteiger partial charge on any atom is -1.00 e. The molecule has 0 saturated heterocycles. The molecule has 1 rings (SSSR count). The summed E-state index contributed by atoms with van der Waals surface area (Å²) < 4.78 is 2.30. The van der Waals surface area contributed by atoms with Gasteiger partial charge in [-0.1, -0.05) is 129 Å². The lowest BCUT2D eigenvalue weighted by atomic mass is 10.0. The van der Waals surface area contributed by atoms with E-state index < -0.39 is 0 Å². The van der Waals surface area contributed by atoms with Crippen LogP contribution in [0.25, 0.3) is 0 Å². The molecule has 1 nitrogen and oxygen atoms in total. The molecule has 0 bridgehead atoms. The summed E-state index contributed by atoms with van der Waals surface area (Å²) in [6.45, 7) is 3.48. The highest BCUT2D eigenvalue weighted by Crippen LogP contribution is 2.14. The Kier molecular flexibility index (Phi) is 24.1. The highest BCUT2D eigenvalue weighted by molar-refractivity contribution is 4.83. The molecule has 0 aliphatic carbocycles. The molecule has 0 aliphatic rings. The van der Waals surface area contributed by atoms with E-state index in [1.54, 1.807) is 0 Å². The van der Waals surface area contributed by atoms with Crippen LogP contribution in [0.2, 0.25) is 0 Å². The van der Waals surface area contributed by atoms with Gasteiger partial charge in [0.05, 0.1) is 0 Å². The van der Waals surface area contributed by atoms with Gasteiger partial charge < -0.3 is 24.0 Å². The average molecular weight is 516 g/mol. The quantitative estimate of drug-likeness (QED) is 0.111. The molecule has 0 amide bonds. The van der Waals surface area contributed by atoms with Crippen molar-refractivity contribution < 1.29 is 28.5 Å². The normalized spacial score (nSPS) is 10.8. The first-order chi connectivity index (χ1) is 13.9.